The molecule has 0 radical (unpaired) electrons. The summed E-state index contributed by atoms with van der Waals surface area (Å²) < 4.78 is 0. The lowest BCUT2D eigenvalue weighted by Gasteiger charge is -2.19. The third kappa shape index (κ3) is 4.37. The highest BCUT2D eigenvalue weighted by molar-refractivity contribution is 6.30. The third-order valence-corrected chi connectivity index (χ3v) is 2.71. The van der Waals surface area contributed by atoms with Crippen LogP contribution in [0.3, 0.4) is 0 Å². The summed E-state index contributed by atoms with van der Waals surface area (Å²) in [7, 11) is 0. The second-order valence-corrected chi connectivity index (χ2v) is 4.40. The Balaban J connectivity index is 2.66. The Morgan fingerprint density at radius 3 is 2.39 bits per heavy atom. The van der Waals surface area contributed by atoms with Crippen molar-refractivity contribution >= 4 is 29.2 Å². The van der Waals surface area contributed by atoms with E-state index in [9.17, 15) is 9.59 Å². The highest BCUT2D eigenvalue weighted by atomic mass is 35.5. The number of halogens is 1. The van der Waals surface area contributed by atoms with Crippen LogP contribution in [0, 0.1) is 0 Å². The van der Waals surface area contributed by atoms with Gasteiger partial charge < -0.3 is 5.32 Å². The van der Waals surface area contributed by atoms with Crippen LogP contribution in [0.2, 0.25) is 5.02 Å². The maximum Gasteiger partial charge on any atom is 0.328 e. The van der Waals surface area contributed by atoms with Gasteiger partial charge in [0, 0.05) is 24.2 Å². The Hall–Kier alpha value is -1.55. The van der Waals surface area contributed by atoms with Gasteiger partial charge in [-0.25, -0.2) is 4.79 Å². The van der Waals surface area contributed by atoms with Crippen LogP contribution in [-0.4, -0.2) is 23.4 Å². The average Bonchev–Trinajstić information content (AvgIpc) is 2.32. The average molecular weight is 269 g/mol. The maximum atomic E-state index is 11.9. The van der Waals surface area contributed by atoms with Gasteiger partial charge >= 0.3 is 6.03 Å². The number of unbranched alkanes of at least 4 members (excludes halogenated alkanes) is 1. The number of carbonyl (C=O) groups is 2. The number of hydrogen-bond donors (Lipinski definition) is 1. The summed E-state index contributed by atoms with van der Waals surface area (Å²) in [5.74, 6) is -0.255. The van der Waals surface area contributed by atoms with Gasteiger partial charge in [-0.3, -0.25) is 9.69 Å². The number of nitrogens with zero attached hydrogens (tertiary/aromatic N) is 1. The number of nitrogens with one attached hydrogen (secondary N) is 1. The zero-order valence-corrected chi connectivity index (χ0v) is 11.3. The SMILES string of the molecule is CCCCN(C(C)=O)C(=O)Nc1ccc(Cl)cc1. The molecule has 3 amide bonds. The quantitative estimate of drug-likeness (QED) is 0.908. The van der Waals surface area contributed by atoms with Crippen molar-refractivity contribution in [2.45, 2.75) is 26.7 Å². The van der Waals surface area contributed by atoms with Crippen molar-refractivity contribution < 1.29 is 9.59 Å². The Kier molecular flexibility index (Phi) is 5.65. The number of anilines is 1. The zero-order valence-electron chi connectivity index (χ0n) is 10.6. The molecule has 0 aliphatic carbocycles. The first-order chi connectivity index (χ1) is 8.54. The maximum absolute atomic E-state index is 11.9. The molecule has 5 heteroatoms. The van der Waals surface area contributed by atoms with Crippen molar-refractivity contribution in [2.75, 3.05) is 11.9 Å². The lowest BCUT2D eigenvalue weighted by Crippen LogP contribution is -2.39. The molecule has 0 bridgehead atoms. The molecule has 1 N–H and O–H groups in total. The summed E-state index contributed by atoms with van der Waals surface area (Å²) in [5, 5.41) is 3.27. The van der Waals surface area contributed by atoms with Crippen LogP contribution in [-0.2, 0) is 4.79 Å². The molecule has 1 aromatic rings. The summed E-state index contributed by atoms with van der Waals surface area (Å²) in [5.41, 5.74) is 0.618. The Morgan fingerprint density at radius 1 is 1.28 bits per heavy atom. The van der Waals surface area contributed by atoms with E-state index in [0.29, 0.717) is 17.3 Å². The van der Waals surface area contributed by atoms with Gasteiger partial charge in [0.2, 0.25) is 5.91 Å². The van der Waals surface area contributed by atoms with Crippen LogP contribution in [0.1, 0.15) is 26.7 Å². The van der Waals surface area contributed by atoms with Crippen molar-refractivity contribution in [1.29, 1.82) is 0 Å². The zero-order chi connectivity index (χ0) is 13.5. The summed E-state index contributed by atoms with van der Waals surface area (Å²) in [4.78, 5) is 24.5. The molecular weight excluding hydrogens is 252 g/mol. The van der Waals surface area contributed by atoms with Gasteiger partial charge in [-0.05, 0) is 30.7 Å². The van der Waals surface area contributed by atoms with Crippen LogP contribution in [0.15, 0.2) is 24.3 Å². The largest absolute Gasteiger partial charge is 0.328 e. The molecule has 4 nitrogen and oxygen atoms in total. The normalized spacial score (nSPS) is 9.94. The summed E-state index contributed by atoms with van der Waals surface area (Å²) in [6.07, 6.45) is 1.73. The minimum absolute atomic E-state index is 0.255. The van der Waals surface area contributed by atoms with E-state index < -0.39 is 6.03 Å². The molecule has 98 valence electrons. The van der Waals surface area contributed by atoms with Gasteiger partial charge in [-0.2, -0.15) is 0 Å². The smallest absolute Gasteiger partial charge is 0.307 e. The molecule has 18 heavy (non-hydrogen) atoms. The number of imide groups is 1. The first-order valence-electron chi connectivity index (χ1n) is 5.89. The number of carbonyl (C=O) groups excluding carboxylic acids is 2. The molecule has 1 aromatic carbocycles. The molecule has 0 spiro atoms. The molecule has 0 aromatic heterocycles. The predicted octanol–water partition coefficient (Wildman–Crippen LogP) is 3.52. The molecule has 0 aliphatic heterocycles. The molecule has 1 rings (SSSR count). The fraction of sp³-hybridized carbons (Fsp3) is 0.385. The van der Waals surface area contributed by atoms with Gasteiger partial charge in [-0.15, -0.1) is 0 Å². The van der Waals surface area contributed by atoms with Crippen LogP contribution in [0.5, 0.6) is 0 Å². The molecule has 0 heterocycles. The molecule has 0 saturated carbocycles. The van der Waals surface area contributed by atoms with Gasteiger partial charge in [-0.1, -0.05) is 24.9 Å². The number of hydrogen-bond acceptors (Lipinski definition) is 2. The fourth-order valence-corrected chi connectivity index (χ4v) is 1.57. The van der Waals surface area contributed by atoms with E-state index in [2.05, 4.69) is 5.32 Å². The molecule has 0 saturated heterocycles. The first kappa shape index (κ1) is 14.5. The molecule has 0 aliphatic rings. The lowest BCUT2D eigenvalue weighted by molar-refractivity contribution is -0.125. The third-order valence-electron chi connectivity index (χ3n) is 2.46. The van der Waals surface area contributed by atoms with Crippen LogP contribution in [0.25, 0.3) is 0 Å². The van der Waals surface area contributed by atoms with E-state index in [1.165, 1.54) is 11.8 Å². The second kappa shape index (κ2) is 7.01. The van der Waals surface area contributed by atoms with E-state index in [4.69, 9.17) is 11.6 Å². The van der Waals surface area contributed by atoms with Crippen molar-refractivity contribution in [3.05, 3.63) is 29.3 Å². The lowest BCUT2D eigenvalue weighted by atomic mass is 10.3. The van der Waals surface area contributed by atoms with Gasteiger partial charge in [0.1, 0.15) is 0 Å². The minimum Gasteiger partial charge on any atom is -0.307 e. The summed E-state index contributed by atoms with van der Waals surface area (Å²) in [6, 6.07) is 6.35. The van der Waals surface area contributed by atoms with Crippen LogP contribution >= 0.6 is 11.6 Å². The fourth-order valence-electron chi connectivity index (χ4n) is 1.44. The first-order valence-corrected chi connectivity index (χ1v) is 6.27. The Labute approximate surface area is 112 Å². The standard InChI is InChI=1S/C13H17ClN2O2/c1-3-4-9-16(10(2)17)13(18)15-12-7-5-11(14)6-8-12/h5-8H,3-4,9H2,1-2H3,(H,15,18). The second-order valence-electron chi connectivity index (χ2n) is 3.96. The van der Waals surface area contributed by atoms with Gasteiger partial charge in [0.15, 0.2) is 0 Å². The van der Waals surface area contributed by atoms with Crippen molar-refractivity contribution in [1.82, 2.24) is 4.90 Å². The Morgan fingerprint density at radius 2 is 1.89 bits per heavy atom. The molecule has 0 atom stereocenters. The highest BCUT2D eigenvalue weighted by Crippen LogP contribution is 2.14. The van der Waals surface area contributed by atoms with Gasteiger partial charge in [0.25, 0.3) is 0 Å². The van der Waals surface area contributed by atoms with E-state index in [1.807, 2.05) is 6.92 Å². The Bertz CT molecular complexity index is 418. The van der Waals surface area contributed by atoms with E-state index in [-0.39, 0.29) is 5.91 Å². The van der Waals surface area contributed by atoms with Crippen molar-refractivity contribution in [2.24, 2.45) is 0 Å². The van der Waals surface area contributed by atoms with Crippen molar-refractivity contribution in [3.8, 4) is 0 Å². The number of rotatable bonds is 4. The topological polar surface area (TPSA) is 49.4 Å². The van der Waals surface area contributed by atoms with Crippen LogP contribution < -0.4 is 5.32 Å². The molecule has 0 unspecified atom stereocenters. The summed E-state index contributed by atoms with van der Waals surface area (Å²) >= 11 is 5.75. The van der Waals surface area contributed by atoms with E-state index in [0.717, 1.165) is 12.8 Å². The van der Waals surface area contributed by atoms with E-state index >= 15 is 0 Å². The molecular formula is C13H17ClN2O2. The molecule has 0 fully saturated rings. The minimum atomic E-state index is -0.404. The van der Waals surface area contributed by atoms with E-state index in [1.54, 1.807) is 24.3 Å². The monoisotopic (exact) mass is 268 g/mol. The summed E-state index contributed by atoms with van der Waals surface area (Å²) in [6.45, 7) is 3.83. The van der Waals surface area contributed by atoms with Crippen LogP contribution in [0.4, 0.5) is 10.5 Å². The van der Waals surface area contributed by atoms with Gasteiger partial charge in [0.05, 0.1) is 0 Å². The highest BCUT2D eigenvalue weighted by Gasteiger charge is 2.16. The van der Waals surface area contributed by atoms with Crippen molar-refractivity contribution in [3.63, 3.8) is 0 Å². The predicted molar refractivity (Wildman–Crippen MR) is 72.8 cm³/mol. The number of benzene rings is 1. The number of urea groups is 1. The number of amides is 3.